The number of aromatic nitrogens is 2. The van der Waals surface area contributed by atoms with Gasteiger partial charge < -0.3 is 5.11 Å². The number of hydrogen-bond donors (Lipinski definition) is 1. The van der Waals surface area contributed by atoms with Crippen LogP contribution < -0.4 is 0 Å². The monoisotopic (exact) mass is 300 g/mol. The van der Waals surface area contributed by atoms with Gasteiger partial charge in [-0.15, -0.1) is 0 Å². The first-order chi connectivity index (χ1) is 9.66. The summed E-state index contributed by atoms with van der Waals surface area (Å²) in [7, 11) is 1.82. The Morgan fingerprint density at radius 1 is 1.10 bits per heavy atom. The van der Waals surface area contributed by atoms with Gasteiger partial charge in [-0.2, -0.15) is 5.10 Å². The van der Waals surface area contributed by atoms with E-state index in [0.29, 0.717) is 5.02 Å². The Balaban J connectivity index is 2.04. The second-order valence-electron chi connectivity index (χ2n) is 5.63. The summed E-state index contributed by atoms with van der Waals surface area (Å²) in [5.74, 6) is 0. The third-order valence-corrected chi connectivity index (χ3v) is 4.13. The summed E-state index contributed by atoms with van der Waals surface area (Å²) >= 11 is 6.02. The van der Waals surface area contributed by atoms with Gasteiger partial charge in [0.25, 0.3) is 0 Å². The van der Waals surface area contributed by atoms with E-state index in [0.717, 1.165) is 18.5 Å². The summed E-state index contributed by atoms with van der Waals surface area (Å²) < 4.78 is 1.67. The summed E-state index contributed by atoms with van der Waals surface area (Å²) in [6.07, 6.45) is 13.5. The van der Waals surface area contributed by atoms with E-state index >= 15 is 0 Å². The van der Waals surface area contributed by atoms with Gasteiger partial charge in [0.15, 0.2) is 0 Å². The fourth-order valence-electron chi connectivity index (χ4n) is 2.58. The third kappa shape index (κ3) is 6.27. The topological polar surface area (TPSA) is 38.1 Å². The fourth-order valence-corrected chi connectivity index (χ4v) is 2.87. The molecule has 1 aromatic rings. The summed E-state index contributed by atoms with van der Waals surface area (Å²) in [5, 5.41) is 14.7. The minimum atomic E-state index is -0.487. The Morgan fingerprint density at radius 2 is 1.65 bits per heavy atom. The highest BCUT2D eigenvalue weighted by Crippen LogP contribution is 2.26. The molecule has 20 heavy (non-hydrogen) atoms. The van der Waals surface area contributed by atoms with Gasteiger partial charge in [0.05, 0.1) is 23.0 Å². The Labute approximate surface area is 128 Å². The van der Waals surface area contributed by atoms with Crippen molar-refractivity contribution in [3.8, 4) is 0 Å². The number of hydrogen-bond acceptors (Lipinski definition) is 2. The SMILES string of the molecule is CCCCCCCCCCCC(O)c1c(Cl)cnn1C. The average molecular weight is 301 g/mol. The van der Waals surface area contributed by atoms with Gasteiger partial charge in [0.2, 0.25) is 0 Å². The van der Waals surface area contributed by atoms with Crippen LogP contribution in [-0.2, 0) is 7.05 Å². The van der Waals surface area contributed by atoms with E-state index in [-0.39, 0.29) is 0 Å². The highest BCUT2D eigenvalue weighted by molar-refractivity contribution is 6.31. The van der Waals surface area contributed by atoms with E-state index in [1.54, 1.807) is 10.9 Å². The molecule has 116 valence electrons. The molecule has 1 N–H and O–H groups in total. The summed E-state index contributed by atoms with van der Waals surface area (Å²) in [6.45, 7) is 2.25. The first kappa shape index (κ1) is 17.5. The van der Waals surface area contributed by atoms with Crippen LogP contribution in [0.25, 0.3) is 0 Å². The van der Waals surface area contributed by atoms with E-state index in [4.69, 9.17) is 11.6 Å². The van der Waals surface area contributed by atoms with Crippen molar-refractivity contribution in [2.45, 2.75) is 77.2 Å². The molecule has 0 saturated heterocycles. The zero-order valence-corrected chi connectivity index (χ0v) is 13.7. The standard InChI is InChI=1S/C16H29ClN2O/c1-3-4-5-6-7-8-9-10-11-12-15(20)16-14(17)13-18-19(16)2/h13,15,20H,3-12H2,1-2H3. The average Bonchev–Trinajstić information content (AvgIpc) is 2.76. The van der Waals surface area contributed by atoms with Crippen LogP contribution in [0, 0.1) is 0 Å². The van der Waals surface area contributed by atoms with Crippen molar-refractivity contribution in [1.29, 1.82) is 0 Å². The molecule has 0 bridgehead atoms. The minimum Gasteiger partial charge on any atom is -0.387 e. The zero-order chi connectivity index (χ0) is 14.8. The molecule has 0 aliphatic carbocycles. The van der Waals surface area contributed by atoms with E-state index < -0.39 is 6.10 Å². The molecule has 1 aromatic heterocycles. The van der Waals surface area contributed by atoms with E-state index in [1.807, 2.05) is 7.05 Å². The lowest BCUT2D eigenvalue weighted by atomic mass is 10.0. The second-order valence-corrected chi connectivity index (χ2v) is 6.04. The molecule has 0 spiro atoms. The van der Waals surface area contributed by atoms with Gasteiger partial charge >= 0.3 is 0 Å². The zero-order valence-electron chi connectivity index (χ0n) is 12.9. The molecule has 1 atom stereocenters. The van der Waals surface area contributed by atoms with Crippen LogP contribution in [0.5, 0.6) is 0 Å². The van der Waals surface area contributed by atoms with Crippen molar-refractivity contribution in [2.75, 3.05) is 0 Å². The summed E-state index contributed by atoms with van der Waals surface area (Å²) in [6, 6.07) is 0. The molecule has 0 radical (unpaired) electrons. The van der Waals surface area contributed by atoms with E-state index in [9.17, 15) is 5.11 Å². The largest absolute Gasteiger partial charge is 0.387 e. The van der Waals surface area contributed by atoms with Gasteiger partial charge in [0, 0.05) is 7.05 Å². The van der Waals surface area contributed by atoms with Crippen LogP contribution in [-0.4, -0.2) is 14.9 Å². The van der Waals surface area contributed by atoms with Gasteiger partial charge in [-0.1, -0.05) is 76.3 Å². The van der Waals surface area contributed by atoms with Crippen molar-refractivity contribution in [2.24, 2.45) is 7.05 Å². The summed E-state index contributed by atoms with van der Waals surface area (Å²) in [5.41, 5.74) is 0.742. The van der Waals surface area contributed by atoms with Crippen molar-refractivity contribution in [3.63, 3.8) is 0 Å². The number of aliphatic hydroxyl groups is 1. The molecule has 3 nitrogen and oxygen atoms in total. The van der Waals surface area contributed by atoms with Crippen LogP contribution in [0.15, 0.2) is 6.20 Å². The first-order valence-electron chi connectivity index (χ1n) is 8.02. The van der Waals surface area contributed by atoms with Gasteiger partial charge in [-0.05, 0) is 6.42 Å². The lowest BCUT2D eigenvalue weighted by Gasteiger charge is -2.11. The van der Waals surface area contributed by atoms with Crippen LogP contribution in [0.3, 0.4) is 0 Å². The minimum absolute atomic E-state index is 0.487. The molecule has 0 aliphatic rings. The predicted octanol–water partition coefficient (Wildman–Crippen LogP) is 5.03. The quantitative estimate of drug-likeness (QED) is 0.582. The smallest absolute Gasteiger partial charge is 0.0971 e. The number of aliphatic hydroxyl groups excluding tert-OH is 1. The molecular weight excluding hydrogens is 272 g/mol. The van der Waals surface area contributed by atoms with Crippen LogP contribution in [0.2, 0.25) is 5.02 Å². The van der Waals surface area contributed by atoms with Crippen LogP contribution in [0.4, 0.5) is 0 Å². The lowest BCUT2D eigenvalue weighted by molar-refractivity contribution is 0.154. The maximum absolute atomic E-state index is 10.1. The van der Waals surface area contributed by atoms with E-state index in [1.165, 1.54) is 51.4 Å². The van der Waals surface area contributed by atoms with Gasteiger partial charge in [-0.3, -0.25) is 4.68 Å². The van der Waals surface area contributed by atoms with Crippen molar-refractivity contribution in [1.82, 2.24) is 9.78 Å². The Hall–Kier alpha value is -0.540. The third-order valence-electron chi connectivity index (χ3n) is 3.83. The van der Waals surface area contributed by atoms with Crippen LogP contribution in [0.1, 0.15) is 82.9 Å². The molecule has 0 aromatic carbocycles. The van der Waals surface area contributed by atoms with Crippen LogP contribution >= 0.6 is 11.6 Å². The molecule has 1 rings (SSSR count). The first-order valence-corrected chi connectivity index (χ1v) is 8.40. The highest BCUT2D eigenvalue weighted by atomic mass is 35.5. The Kier molecular flexibility index (Phi) is 8.95. The van der Waals surface area contributed by atoms with Crippen molar-refractivity contribution in [3.05, 3.63) is 16.9 Å². The number of halogens is 1. The number of aryl methyl sites for hydroxylation is 1. The Morgan fingerprint density at radius 3 is 2.15 bits per heavy atom. The normalized spacial score (nSPS) is 12.8. The molecule has 1 heterocycles. The fraction of sp³-hybridized carbons (Fsp3) is 0.812. The molecule has 0 aliphatic heterocycles. The lowest BCUT2D eigenvalue weighted by Crippen LogP contribution is -2.05. The highest BCUT2D eigenvalue weighted by Gasteiger charge is 2.15. The molecule has 0 saturated carbocycles. The molecule has 1 unspecified atom stereocenters. The van der Waals surface area contributed by atoms with Gasteiger partial charge in [0.1, 0.15) is 0 Å². The molecule has 0 fully saturated rings. The second kappa shape index (κ2) is 10.2. The van der Waals surface area contributed by atoms with Gasteiger partial charge in [-0.25, -0.2) is 0 Å². The molecule has 4 heteroatoms. The predicted molar refractivity (Wildman–Crippen MR) is 85.0 cm³/mol. The maximum atomic E-state index is 10.1. The summed E-state index contributed by atoms with van der Waals surface area (Å²) in [4.78, 5) is 0. The molecule has 0 amide bonds. The van der Waals surface area contributed by atoms with E-state index in [2.05, 4.69) is 12.0 Å². The number of nitrogens with zero attached hydrogens (tertiary/aromatic N) is 2. The number of rotatable bonds is 11. The number of unbranched alkanes of at least 4 members (excludes halogenated alkanes) is 8. The van der Waals surface area contributed by atoms with Crippen molar-refractivity contribution >= 4 is 11.6 Å². The Bertz CT molecular complexity index is 346. The van der Waals surface area contributed by atoms with Crippen molar-refractivity contribution < 1.29 is 5.11 Å². The maximum Gasteiger partial charge on any atom is 0.0971 e. The molecular formula is C16H29ClN2O.